The molecule has 2 aromatic heterocycles. The zero-order valence-corrected chi connectivity index (χ0v) is 12.2. The predicted molar refractivity (Wildman–Crippen MR) is 78.9 cm³/mol. The summed E-state index contributed by atoms with van der Waals surface area (Å²) in [5, 5.41) is 10.3. The number of rotatable bonds is 3. The first-order valence-electron chi connectivity index (χ1n) is 6.29. The van der Waals surface area contributed by atoms with Gasteiger partial charge in [-0.25, -0.2) is 4.98 Å². The van der Waals surface area contributed by atoms with E-state index in [2.05, 4.69) is 15.6 Å². The van der Waals surface area contributed by atoms with Crippen LogP contribution in [0.1, 0.15) is 23.3 Å². The highest BCUT2D eigenvalue weighted by molar-refractivity contribution is 7.20. The van der Waals surface area contributed by atoms with Crippen molar-refractivity contribution in [1.82, 2.24) is 15.6 Å². The Morgan fingerprint density at radius 1 is 1.45 bits per heavy atom. The molecule has 1 fully saturated rings. The summed E-state index contributed by atoms with van der Waals surface area (Å²) >= 11 is 3.07. The van der Waals surface area contributed by atoms with Crippen molar-refractivity contribution in [3.8, 4) is 9.88 Å². The number of carbonyl (C=O) groups excluding carboxylic acids is 2. The first-order valence-corrected chi connectivity index (χ1v) is 8.05. The topological polar surface area (TPSA) is 71.1 Å². The molecule has 7 heteroatoms. The van der Waals surface area contributed by atoms with Crippen molar-refractivity contribution in [2.45, 2.75) is 18.9 Å². The molecular formula is C13H13N3O2S2. The van der Waals surface area contributed by atoms with Crippen molar-refractivity contribution < 1.29 is 9.59 Å². The van der Waals surface area contributed by atoms with E-state index in [1.807, 2.05) is 17.5 Å². The molecule has 0 aliphatic carbocycles. The lowest BCUT2D eigenvalue weighted by atomic mass is 10.1. The molecule has 3 heterocycles. The van der Waals surface area contributed by atoms with Crippen molar-refractivity contribution in [2.24, 2.45) is 0 Å². The monoisotopic (exact) mass is 307 g/mol. The fourth-order valence-corrected chi connectivity index (χ4v) is 3.62. The van der Waals surface area contributed by atoms with Crippen LogP contribution in [0.4, 0.5) is 0 Å². The Balaban J connectivity index is 1.64. The number of aromatic nitrogens is 1. The van der Waals surface area contributed by atoms with Crippen LogP contribution in [0.2, 0.25) is 0 Å². The van der Waals surface area contributed by atoms with Crippen LogP contribution in [-0.2, 0) is 4.79 Å². The number of thiazole rings is 1. The summed E-state index contributed by atoms with van der Waals surface area (Å²) in [6.45, 7) is 0.493. The van der Waals surface area contributed by atoms with Gasteiger partial charge in [-0.1, -0.05) is 6.07 Å². The number of amides is 2. The first kappa shape index (κ1) is 13.3. The van der Waals surface area contributed by atoms with Gasteiger partial charge >= 0.3 is 0 Å². The summed E-state index contributed by atoms with van der Waals surface area (Å²) in [5.41, 5.74) is 0.440. The molecule has 104 valence electrons. The second-order valence-corrected chi connectivity index (χ2v) is 6.33. The molecular weight excluding hydrogens is 294 g/mol. The molecule has 1 aliphatic rings. The third-order valence-corrected chi connectivity index (χ3v) is 4.95. The molecule has 1 unspecified atom stereocenters. The number of piperidine rings is 1. The summed E-state index contributed by atoms with van der Waals surface area (Å²) in [6.07, 6.45) is 1.14. The van der Waals surface area contributed by atoms with Gasteiger partial charge in [0.05, 0.1) is 4.88 Å². The molecule has 2 amide bonds. The number of hydrogen-bond acceptors (Lipinski definition) is 5. The molecule has 2 aromatic rings. The summed E-state index contributed by atoms with van der Waals surface area (Å²) in [6, 6.07) is 3.94. The average Bonchev–Trinajstić information content (AvgIpc) is 3.11. The number of nitrogens with one attached hydrogen (secondary N) is 2. The SMILES string of the molecule is O=C1CCC(NC(=O)c2csc(-c3cccs3)n2)CN1. The van der Waals surface area contributed by atoms with Crippen LogP contribution in [0.3, 0.4) is 0 Å². The highest BCUT2D eigenvalue weighted by Gasteiger charge is 2.21. The maximum atomic E-state index is 12.1. The van der Waals surface area contributed by atoms with E-state index in [0.29, 0.717) is 25.1 Å². The Kier molecular flexibility index (Phi) is 3.79. The quantitative estimate of drug-likeness (QED) is 0.909. The molecule has 1 aliphatic heterocycles. The molecule has 0 aromatic carbocycles. The lowest BCUT2D eigenvalue weighted by Gasteiger charge is -2.22. The molecule has 20 heavy (non-hydrogen) atoms. The molecule has 1 saturated heterocycles. The van der Waals surface area contributed by atoms with Crippen LogP contribution in [0.15, 0.2) is 22.9 Å². The predicted octanol–water partition coefficient (Wildman–Crippen LogP) is 1.88. The van der Waals surface area contributed by atoms with E-state index >= 15 is 0 Å². The molecule has 5 nitrogen and oxygen atoms in total. The Labute approximate surface area is 124 Å². The third-order valence-electron chi connectivity index (χ3n) is 3.07. The second kappa shape index (κ2) is 5.72. The van der Waals surface area contributed by atoms with Crippen LogP contribution in [0.25, 0.3) is 9.88 Å². The normalized spacial score (nSPS) is 18.6. The molecule has 3 rings (SSSR count). The van der Waals surface area contributed by atoms with E-state index in [-0.39, 0.29) is 17.9 Å². The maximum absolute atomic E-state index is 12.1. The highest BCUT2D eigenvalue weighted by Crippen LogP contribution is 2.27. The van der Waals surface area contributed by atoms with Gasteiger partial charge in [0.15, 0.2) is 0 Å². The van der Waals surface area contributed by atoms with Gasteiger partial charge in [-0.3, -0.25) is 9.59 Å². The minimum Gasteiger partial charge on any atom is -0.354 e. The zero-order valence-electron chi connectivity index (χ0n) is 10.6. The molecule has 0 saturated carbocycles. The largest absolute Gasteiger partial charge is 0.354 e. The van der Waals surface area contributed by atoms with Crippen molar-refractivity contribution >= 4 is 34.5 Å². The van der Waals surface area contributed by atoms with Crippen LogP contribution >= 0.6 is 22.7 Å². The van der Waals surface area contributed by atoms with Crippen LogP contribution < -0.4 is 10.6 Å². The van der Waals surface area contributed by atoms with Gasteiger partial charge in [0.2, 0.25) is 5.91 Å². The number of hydrogen-bond donors (Lipinski definition) is 2. The fourth-order valence-electron chi connectivity index (χ4n) is 2.01. The van der Waals surface area contributed by atoms with Crippen LogP contribution in [0, 0.1) is 0 Å². The van der Waals surface area contributed by atoms with Crippen molar-refractivity contribution in [2.75, 3.05) is 6.54 Å². The van der Waals surface area contributed by atoms with Gasteiger partial charge in [0, 0.05) is 24.4 Å². The molecule has 1 atom stereocenters. The van der Waals surface area contributed by atoms with Gasteiger partial charge in [0.1, 0.15) is 10.7 Å². The lowest BCUT2D eigenvalue weighted by molar-refractivity contribution is -0.122. The van der Waals surface area contributed by atoms with Gasteiger partial charge in [0.25, 0.3) is 5.91 Å². The second-order valence-electron chi connectivity index (χ2n) is 4.53. The van der Waals surface area contributed by atoms with E-state index in [1.165, 1.54) is 11.3 Å². The van der Waals surface area contributed by atoms with Crippen molar-refractivity contribution in [3.05, 3.63) is 28.6 Å². The van der Waals surface area contributed by atoms with Crippen LogP contribution in [0.5, 0.6) is 0 Å². The minimum atomic E-state index is -0.176. The summed E-state index contributed by atoms with van der Waals surface area (Å²) in [5.74, 6) is -0.130. The van der Waals surface area contributed by atoms with E-state index in [0.717, 1.165) is 9.88 Å². The Morgan fingerprint density at radius 2 is 2.35 bits per heavy atom. The van der Waals surface area contributed by atoms with E-state index in [1.54, 1.807) is 16.7 Å². The molecule has 2 N–H and O–H groups in total. The Morgan fingerprint density at radius 3 is 3.05 bits per heavy atom. The molecule has 0 spiro atoms. The van der Waals surface area contributed by atoms with Gasteiger partial charge < -0.3 is 10.6 Å². The number of carbonyl (C=O) groups is 2. The molecule has 0 radical (unpaired) electrons. The van der Waals surface area contributed by atoms with E-state index in [4.69, 9.17) is 0 Å². The number of thiophene rings is 1. The lowest BCUT2D eigenvalue weighted by Crippen LogP contribution is -2.47. The summed E-state index contributed by atoms with van der Waals surface area (Å²) < 4.78 is 0. The standard InChI is InChI=1S/C13H13N3O2S2/c17-11-4-3-8(6-14-11)15-12(18)9-7-20-13(16-9)10-2-1-5-19-10/h1-2,5,7-8H,3-4,6H2,(H,14,17)(H,15,18). The highest BCUT2D eigenvalue weighted by atomic mass is 32.1. The summed E-state index contributed by atoms with van der Waals surface area (Å²) in [4.78, 5) is 28.6. The van der Waals surface area contributed by atoms with Gasteiger partial charge in [-0.2, -0.15) is 0 Å². The number of nitrogens with zero attached hydrogens (tertiary/aromatic N) is 1. The van der Waals surface area contributed by atoms with E-state index in [9.17, 15) is 9.59 Å². The van der Waals surface area contributed by atoms with Crippen molar-refractivity contribution in [3.63, 3.8) is 0 Å². The minimum absolute atomic E-state index is 0.00733. The summed E-state index contributed by atoms with van der Waals surface area (Å²) in [7, 11) is 0. The smallest absolute Gasteiger partial charge is 0.271 e. The van der Waals surface area contributed by atoms with Gasteiger partial charge in [-0.05, 0) is 17.9 Å². The maximum Gasteiger partial charge on any atom is 0.271 e. The van der Waals surface area contributed by atoms with E-state index < -0.39 is 0 Å². The van der Waals surface area contributed by atoms with Gasteiger partial charge in [-0.15, -0.1) is 22.7 Å². The average molecular weight is 307 g/mol. The first-order chi connectivity index (χ1) is 9.72. The Bertz CT molecular complexity index is 611. The Hall–Kier alpha value is -1.73. The van der Waals surface area contributed by atoms with Crippen LogP contribution in [-0.4, -0.2) is 29.4 Å². The van der Waals surface area contributed by atoms with Crippen molar-refractivity contribution in [1.29, 1.82) is 0 Å². The molecule has 0 bridgehead atoms. The fraction of sp³-hybridized carbons (Fsp3) is 0.308. The zero-order chi connectivity index (χ0) is 13.9. The third kappa shape index (κ3) is 2.88.